The number of hydrogen-bond acceptors (Lipinski definition) is 2. The summed E-state index contributed by atoms with van der Waals surface area (Å²) < 4.78 is 0. The van der Waals surface area contributed by atoms with Gasteiger partial charge in [-0.05, 0) is 41.7 Å². The summed E-state index contributed by atoms with van der Waals surface area (Å²) in [5.74, 6) is 0.129. The van der Waals surface area contributed by atoms with E-state index in [1.807, 2.05) is 6.92 Å². The number of benzene rings is 1. The van der Waals surface area contributed by atoms with Crippen LogP contribution >= 0.6 is 23.4 Å². The third kappa shape index (κ3) is 2.06. The highest BCUT2D eigenvalue weighted by atomic mass is 35.5. The second kappa shape index (κ2) is 4.21. The smallest absolute Gasteiger partial charge is 0.336 e. The van der Waals surface area contributed by atoms with Crippen LogP contribution in [0.15, 0.2) is 11.0 Å². The minimum atomic E-state index is -0.904. The third-order valence-corrected chi connectivity index (χ3v) is 4.91. The number of halogens is 1. The van der Waals surface area contributed by atoms with Crippen molar-refractivity contribution >= 4 is 29.3 Å². The number of thioether (sulfide) groups is 1. The van der Waals surface area contributed by atoms with E-state index in [-0.39, 0.29) is 5.41 Å². The Bertz CT molecular complexity index is 495. The van der Waals surface area contributed by atoms with Crippen LogP contribution in [-0.4, -0.2) is 16.8 Å². The summed E-state index contributed by atoms with van der Waals surface area (Å²) in [6.45, 7) is 6.19. The minimum absolute atomic E-state index is 0.000231. The maximum Gasteiger partial charge on any atom is 0.336 e. The Balaban J connectivity index is 2.76. The number of carboxylic acid groups (broad SMARTS) is 1. The number of rotatable bonds is 1. The molecule has 4 heteroatoms. The van der Waals surface area contributed by atoms with Crippen molar-refractivity contribution < 1.29 is 9.90 Å². The SMILES string of the molecule is Cc1c(C(=O)O)cc(Cl)c2c1C(C)(C)CCS2. The summed E-state index contributed by atoms with van der Waals surface area (Å²) >= 11 is 7.93. The van der Waals surface area contributed by atoms with Gasteiger partial charge in [0, 0.05) is 4.90 Å². The van der Waals surface area contributed by atoms with Crippen LogP contribution in [0.5, 0.6) is 0 Å². The molecule has 1 aliphatic rings. The van der Waals surface area contributed by atoms with Crippen LogP contribution in [0.3, 0.4) is 0 Å². The van der Waals surface area contributed by atoms with Crippen molar-refractivity contribution in [2.45, 2.75) is 37.5 Å². The zero-order valence-corrected chi connectivity index (χ0v) is 11.7. The lowest BCUT2D eigenvalue weighted by Gasteiger charge is -2.34. The van der Waals surface area contributed by atoms with Gasteiger partial charge in [-0.3, -0.25) is 0 Å². The van der Waals surface area contributed by atoms with Gasteiger partial charge in [-0.25, -0.2) is 4.79 Å². The fourth-order valence-electron chi connectivity index (χ4n) is 2.44. The second-order valence-electron chi connectivity index (χ2n) is 5.02. The van der Waals surface area contributed by atoms with Crippen LogP contribution in [0.2, 0.25) is 5.02 Å². The summed E-state index contributed by atoms with van der Waals surface area (Å²) in [6, 6.07) is 1.58. The highest BCUT2D eigenvalue weighted by Gasteiger charge is 2.32. The Kier molecular flexibility index (Phi) is 3.17. The molecule has 0 atom stereocenters. The van der Waals surface area contributed by atoms with E-state index in [4.69, 9.17) is 11.6 Å². The normalized spacial score (nSPS) is 17.6. The number of carbonyl (C=O) groups is 1. The first-order chi connectivity index (χ1) is 7.84. The van der Waals surface area contributed by atoms with E-state index in [9.17, 15) is 9.90 Å². The first-order valence-corrected chi connectivity index (χ1v) is 6.90. The molecule has 1 aromatic rings. The van der Waals surface area contributed by atoms with Gasteiger partial charge in [0.1, 0.15) is 0 Å². The lowest BCUT2D eigenvalue weighted by Crippen LogP contribution is -2.25. The highest BCUT2D eigenvalue weighted by Crippen LogP contribution is 2.47. The third-order valence-electron chi connectivity index (χ3n) is 3.37. The monoisotopic (exact) mass is 270 g/mol. The molecule has 1 N–H and O–H groups in total. The predicted molar refractivity (Wildman–Crippen MR) is 71.5 cm³/mol. The summed E-state index contributed by atoms with van der Waals surface area (Å²) in [4.78, 5) is 12.3. The molecule has 0 saturated heterocycles. The lowest BCUT2D eigenvalue weighted by molar-refractivity contribution is 0.0696. The largest absolute Gasteiger partial charge is 0.478 e. The van der Waals surface area contributed by atoms with Crippen molar-refractivity contribution in [3.05, 3.63) is 27.8 Å². The van der Waals surface area contributed by atoms with Gasteiger partial charge < -0.3 is 5.11 Å². The van der Waals surface area contributed by atoms with Crippen molar-refractivity contribution in [2.75, 3.05) is 5.75 Å². The molecule has 2 nitrogen and oxygen atoms in total. The van der Waals surface area contributed by atoms with Gasteiger partial charge in [0.05, 0.1) is 10.6 Å². The van der Waals surface area contributed by atoms with Gasteiger partial charge in [0.2, 0.25) is 0 Å². The Morgan fingerprint density at radius 3 is 2.76 bits per heavy atom. The molecule has 0 radical (unpaired) electrons. The first-order valence-electron chi connectivity index (χ1n) is 5.54. The van der Waals surface area contributed by atoms with Crippen LogP contribution in [0.4, 0.5) is 0 Å². The standard InChI is InChI=1S/C13H15ClO2S/c1-7-8(12(15)16)6-9(14)11-10(7)13(2,3)4-5-17-11/h6H,4-5H2,1-3H3,(H,15,16). The molecule has 1 heterocycles. The molecular formula is C13H15ClO2S. The second-order valence-corrected chi connectivity index (χ2v) is 6.53. The van der Waals surface area contributed by atoms with E-state index in [2.05, 4.69) is 13.8 Å². The van der Waals surface area contributed by atoms with E-state index >= 15 is 0 Å². The number of carboxylic acids is 1. The highest BCUT2D eigenvalue weighted by molar-refractivity contribution is 7.99. The van der Waals surface area contributed by atoms with E-state index < -0.39 is 5.97 Å². The van der Waals surface area contributed by atoms with E-state index in [0.29, 0.717) is 10.6 Å². The van der Waals surface area contributed by atoms with Crippen molar-refractivity contribution in [3.8, 4) is 0 Å². The quantitative estimate of drug-likeness (QED) is 0.834. The number of fused-ring (bicyclic) bond motifs is 1. The molecule has 1 aromatic carbocycles. The van der Waals surface area contributed by atoms with Crippen LogP contribution in [0, 0.1) is 6.92 Å². The maximum atomic E-state index is 11.2. The van der Waals surface area contributed by atoms with Crippen LogP contribution in [-0.2, 0) is 5.41 Å². The molecule has 0 bridgehead atoms. The summed E-state index contributed by atoms with van der Waals surface area (Å²) in [5.41, 5.74) is 2.29. The minimum Gasteiger partial charge on any atom is -0.478 e. The molecule has 17 heavy (non-hydrogen) atoms. The van der Waals surface area contributed by atoms with E-state index in [1.54, 1.807) is 17.8 Å². The fourth-order valence-corrected chi connectivity index (χ4v) is 4.39. The summed E-state index contributed by atoms with van der Waals surface area (Å²) in [7, 11) is 0. The summed E-state index contributed by atoms with van der Waals surface area (Å²) in [6.07, 6.45) is 1.05. The van der Waals surface area contributed by atoms with Crippen molar-refractivity contribution in [3.63, 3.8) is 0 Å². The lowest BCUT2D eigenvalue weighted by atomic mass is 9.78. The van der Waals surface area contributed by atoms with Crippen LogP contribution < -0.4 is 0 Å². The molecule has 0 fully saturated rings. The number of aromatic carboxylic acids is 1. The maximum absolute atomic E-state index is 11.2. The predicted octanol–water partition coefficient (Wildman–Crippen LogP) is 4.12. The van der Waals surface area contributed by atoms with Gasteiger partial charge in [-0.1, -0.05) is 25.4 Å². The Morgan fingerprint density at radius 2 is 2.18 bits per heavy atom. The van der Waals surface area contributed by atoms with Crippen molar-refractivity contribution in [1.82, 2.24) is 0 Å². The van der Waals surface area contributed by atoms with E-state index in [0.717, 1.165) is 28.2 Å². The molecule has 0 aliphatic carbocycles. The molecule has 0 aromatic heterocycles. The van der Waals surface area contributed by atoms with Gasteiger partial charge >= 0.3 is 5.97 Å². The number of hydrogen-bond donors (Lipinski definition) is 1. The van der Waals surface area contributed by atoms with E-state index in [1.165, 1.54) is 0 Å². The van der Waals surface area contributed by atoms with Crippen LogP contribution in [0.1, 0.15) is 41.8 Å². The topological polar surface area (TPSA) is 37.3 Å². The molecule has 2 rings (SSSR count). The Hall–Kier alpha value is -0.670. The molecule has 0 saturated carbocycles. The Morgan fingerprint density at radius 1 is 1.53 bits per heavy atom. The van der Waals surface area contributed by atoms with Gasteiger partial charge in [-0.15, -0.1) is 11.8 Å². The van der Waals surface area contributed by atoms with Crippen molar-refractivity contribution in [1.29, 1.82) is 0 Å². The molecule has 92 valence electrons. The molecule has 0 amide bonds. The average Bonchev–Trinajstić information content (AvgIpc) is 2.21. The molecule has 0 spiro atoms. The van der Waals surface area contributed by atoms with Crippen molar-refractivity contribution in [2.24, 2.45) is 0 Å². The first kappa shape index (κ1) is 12.8. The zero-order valence-electron chi connectivity index (χ0n) is 10.1. The zero-order chi connectivity index (χ0) is 12.8. The van der Waals surface area contributed by atoms with Gasteiger partial charge in [0.25, 0.3) is 0 Å². The molecule has 1 aliphatic heterocycles. The van der Waals surface area contributed by atoms with Crippen LogP contribution in [0.25, 0.3) is 0 Å². The van der Waals surface area contributed by atoms with Gasteiger partial charge in [0.15, 0.2) is 0 Å². The summed E-state index contributed by atoms with van der Waals surface area (Å²) in [5, 5.41) is 9.77. The fraction of sp³-hybridized carbons (Fsp3) is 0.462. The Labute approximate surface area is 110 Å². The average molecular weight is 271 g/mol. The molecular weight excluding hydrogens is 256 g/mol. The van der Waals surface area contributed by atoms with Gasteiger partial charge in [-0.2, -0.15) is 0 Å². The molecule has 0 unspecified atom stereocenters.